The molecule has 0 saturated carbocycles. The molecule has 9 nitrogen and oxygen atoms in total. The molecular weight excluding hydrogens is 616 g/mol. The van der Waals surface area contributed by atoms with Gasteiger partial charge in [-0.1, -0.05) is 37.1 Å². The molecule has 6 rings (SSSR count). The fourth-order valence-corrected chi connectivity index (χ4v) is 6.11. The summed E-state index contributed by atoms with van der Waals surface area (Å²) in [7, 11) is 0. The highest BCUT2D eigenvalue weighted by atomic mass is 35.5. The van der Waals surface area contributed by atoms with Gasteiger partial charge < -0.3 is 28.3 Å². The number of hydrogen-bond donors (Lipinski definition) is 0. The first-order chi connectivity index (χ1) is 23.2. The van der Waals surface area contributed by atoms with Crippen LogP contribution in [0.4, 0.5) is 0 Å². The van der Waals surface area contributed by atoms with Crippen molar-refractivity contribution in [2.75, 3.05) is 85.5 Å². The van der Waals surface area contributed by atoms with E-state index < -0.39 is 0 Å². The first-order valence-electron chi connectivity index (χ1n) is 17.0. The highest BCUT2D eigenvalue weighted by molar-refractivity contribution is 6.30. The second-order valence-electron chi connectivity index (χ2n) is 12.1. The zero-order valence-corrected chi connectivity index (χ0v) is 28.3. The van der Waals surface area contributed by atoms with Gasteiger partial charge in [0.1, 0.15) is 36.1 Å². The summed E-state index contributed by atoms with van der Waals surface area (Å²) < 4.78 is 32.3. The number of imidazole rings is 1. The van der Waals surface area contributed by atoms with Gasteiger partial charge in [-0.3, -0.25) is 9.80 Å². The van der Waals surface area contributed by atoms with Gasteiger partial charge in [-0.2, -0.15) is 0 Å². The molecule has 10 heteroatoms. The molecule has 0 aliphatic carbocycles. The lowest BCUT2D eigenvalue weighted by Gasteiger charge is -2.26. The molecule has 2 aliphatic rings. The van der Waals surface area contributed by atoms with E-state index in [1.807, 2.05) is 42.5 Å². The van der Waals surface area contributed by atoms with Gasteiger partial charge in [0.25, 0.3) is 0 Å². The van der Waals surface area contributed by atoms with Crippen LogP contribution in [-0.4, -0.2) is 105 Å². The Morgan fingerprint density at radius 3 is 2.02 bits per heavy atom. The zero-order valence-electron chi connectivity index (χ0n) is 27.5. The molecule has 2 fully saturated rings. The van der Waals surface area contributed by atoms with Crippen molar-refractivity contribution in [2.45, 2.75) is 32.7 Å². The lowest BCUT2D eigenvalue weighted by molar-refractivity contribution is 0.0320. The number of nitrogens with zero attached hydrogens (tertiary/aromatic N) is 4. The summed E-state index contributed by atoms with van der Waals surface area (Å²) in [6.45, 7) is 13.4. The van der Waals surface area contributed by atoms with E-state index in [-0.39, 0.29) is 0 Å². The van der Waals surface area contributed by atoms with E-state index in [0.29, 0.717) is 19.8 Å². The topological polar surface area (TPSA) is 70.5 Å². The van der Waals surface area contributed by atoms with Crippen LogP contribution in [0, 0.1) is 0 Å². The lowest BCUT2D eigenvalue weighted by Crippen LogP contribution is -2.38. The van der Waals surface area contributed by atoms with E-state index in [1.54, 1.807) is 0 Å². The van der Waals surface area contributed by atoms with E-state index in [1.165, 1.54) is 5.56 Å². The Balaban J connectivity index is 1.22. The van der Waals surface area contributed by atoms with E-state index in [2.05, 4.69) is 39.5 Å². The number of rotatable bonds is 16. The molecule has 3 aromatic carbocycles. The molecule has 0 radical (unpaired) electrons. The summed E-state index contributed by atoms with van der Waals surface area (Å²) in [4.78, 5) is 9.98. The zero-order chi connectivity index (χ0) is 32.3. The second kappa shape index (κ2) is 17.2. The van der Waals surface area contributed by atoms with Crippen LogP contribution in [0.1, 0.15) is 25.3 Å². The maximum Gasteiger partial charge on any atom is 0.150 e. The van der Waals surface area contributed by atoms with Gasteiger partial charge in [-0.15, -0.1) is 0 Å². The molecule has 0 unspecified atom stereocenters. The van der Waals surface area contributed by atoms with Gasteiger partial charge in [0.15, 0.2) is 5.75 Å². The van der Waals surface area contributed by atoms with Crippen LogP contribution >= 0.6 is 11.6 Å². The third-order valence-electron chi connectivity index (χ3n) is 8.76. The normalized spacial score (nSPS) is 16.0. The number of aryl methyl sites for hydroxylation is 1. The van der Waals surface area contributed by atoms with Crippen LogP contribution < -0.4 is 14.2 Å². The molecule has 1 aromatic heterocycles. The molecule has 2 aliphatic heterocycles. The fraction of sp³-hybridized carbons (Fsp3) is 0.486. The SMILES string of the molecule is CCCCn1c(-c2ccc(OCCc3ccc(Cl)cc3)cc2)nc2c(OCCN3CCOCC3)cc(OCCN3CCOCC3)cc21. The molecule has 252 valence electrons. The summed E-state index contributed by atoms with van der Waals surface area (Å²) >= 11 is 6.02. The molecule has 0 amide bonds. The molecule has 0 N–H and O–H groups in total. The molecular formula is C37H47ClN4O5. The third-order valence-corrected chi connectivity index (χ3v) is 9.01. The van der Waals surface area contributed by atoms with Gasteiger partial charge in [-0.05, 0) is 48.4 Å². The van der Waals surface area contributed by atoms with E-state index in [4.69, 9.17) is 40.3 Å². The number of unbranched alkanes of at least 4 members (excludes halogenated alkanes) is 1. The summed E-state index contributed by atoms with van der Waals surface area (Å²) in [5.41, 5.74) is 4.13. The minimum Gasteiger partial charge on any atom is -0.493 e. The first-order valence-corrected chi connectivity index (χ1v) is 17.4. The van der Waals surface area contributed by atoms with Crippen molar-refractivity contribution in [3.63, 3.8) is 0 Å². The molecule has 3 heterocycles. The molecule has 47 heavy (non-hydrogen) atoms. The van der Waals surface area contributed by atoms with Crippen LogP contribution in [0.15, 0.2) is 60.7 Å². The maximum absolute atomic E-state index is 6.48. The Morgan fingerprint density at radius 2 is 1.36 bits per heavy atom. The minimum absolute atomic E-state index is 0.575. The Kier molecular flexibility index (Phi) is 12.3. The minimum atomic E-state index is 0.575. The van der Waals surface area contributed by atoms with Crippen molar-refractivity contribution in [1.29, 1.82) is 0 Å². The van der Waals surface area contributed by atoms with Gasteiger partial charge in [0.2, 0.25) is 0 Å². The molecule has 0 atom stereocenters. The lowest BCUT2D eigenvalue weighted by atomic mass is 10.1. The van der Waals surface area contributed by atoms with Gasteiger partial charge in [0.05, 0.1) is 38.6 Å². The van der Waals surface area contributed by atoms with Crippen molar-refractivity contribution in [1.82, 2.24) is 19.4 Å². The van der Waals surface area contributed by atoms with Gasteiger partial charge in [-0.25, -0.2) is 4.98 Å². The second-order valence-corrected chi connectivity index (χ2v) is 12.5. The summed E-state index contributed by atoms with van der Waals surface area (Å²) in [6, 6.07) is 20.3. The smallest absolute Gasteiger partial charge is 0.150 e. The number of hydrogen-bond acceptors (Lipinski definition) is 8. The fourth-order valence-electron chi connectivity index (χ4n) is 5.99. The largest absolute Gasteiger partial charge is 0.493 e. The number of ether oxygens (including phenoxy) is 5. The Morgan fingerprint density at radius 1 is 0.723 bits per heavy atom. The quantitative estimate of drug-likeness (QED) is 0.141. The Bertz CT molecular complexity index is 1530. The van der Waals surface area contributed by atoms with Gasteiger partial charge in [0, 0.05) is 75.0 Å². The molecule has 0 spiro atoms. The van der Waals surface area contributed by atoms with Crippen molar-refractivity contribution >= 4 is 22.6 Å². The molecule has 2 saturated heterocycles. The average molecular weight is 663 g/mol. The first kappa shape index (κ1) is 33.6. The Hall–Kier alpha value is -3.34. The van der Waals surface area contributed by atoms with Crippen LogP contribution in [0.5, 0.6) is 17.2 Å². The van der Waals surface area contributed by atoms with Crippen molar-refractivity contribution < 1.29 is 23.7 Å². The maximum atomic E-state index is 6.48. The monoisotopic (exact) mass is 662 g/mol. The van der Waals surface area contributed by atoms with Crippen LogP contribution in [0.25, 0.3) is 22.4 Å². The summed E-state index contributed by atoms with van der Waals surface area (Å²) in [5, 5.41) is 0.745. The van der Waals surface area contributed by atoms with Crippen LogP contribution in [0.3, 0.4) is 0 Å². The van der Waals surface area contributed by atoms with Crippen molar-refractivity contribution in [3.8, 4) is 28.6 Å². The van der Waals surface area contributed by atoms with E-state index >= 15 is 0 Å². The van der Waals surface area contributed by atoms with Crippen LogP contribution in [0.2, 0.25) is 5.02 Å². The molecule has 0 bridgehead atoms. The number of halogens is 1. The highest BCUT2D eigenvalue weighted by Crippen LogP contribution is 2.35. The predicted octanol–water partition coefficient (Wildman–Crippen LogP) is 6.20. The number of benzene rings is 3. The van der Waals surface area contributed by atoms with Crippen molar-refractivity contribution in [2.24, 2.45) is 0 Å². The molecule has 4 aromatic rings. The van der Waals surface area contributed by atoms with Crippen LogP contribution in [-0.2, 0) is 22.4 Å². The van der Waals surface area contributed by atoms with Crippen molar-refractivity contribution in [3.05, 3.63) is 71.2 Å². The van der Waals surface area contributed by atoms with Gasteiger partial charge >= 0.3 is 0 Å². The highest BCUT2D eigenvalue weighted by Gasteiger charge is 2.19. The standard InChI is InChI=1S/C37H47ClN4O5/c1-2-3-13-42-34-27-33(46-25-18-40-14-21-43-22-15-40)28-35(47-26-19-41-16-23-44-24-17-41)36(34)39-37(42)30-6-10-32(11-7-30)45-20-12-29-4-8-31(38)9-5-29/h4-11,27-28H,2-3,12-26H2,1H3. The predicted molar refractivity (Wildman–Crippen MR) is 186 cm³/mol. The number of aromatic nitrogens is 2. The van der Waals surface area contributed by atoms with E-state index in [0.717, 1.165) is 136 Å². The average Bonchev–Trinajstić information content (AvgIpc) is 3.48. The summed E-state index contributed by atoms with van der Waals surface area (Å²) in [6.07, 6.45) is 2.94. The summed E-state index contributed by atoms with van der Waals surface area (Å²) in [5.74, 6) is 3.32. The third kappa shape index (κ3) is 9.39. The number of morpholine rings is 2. The Labute approximate surface area is 283 Å². The number of fused-ring (bicyclic) bond motifs is 1. The van der Waals surface area contributed by atoms with E-state index in [9.17, 15) is 0 Å².